The van der Waals surface area contributed by atoms with E-state index in [0.717, 1.165) is 28.3 Å². The van der Waals surface area contributed by atoms with E-state index in [4.69, 9.17) is 14.7 Å². The Bertz CT molecular complexity index is 675. The van der Waals surface area contributed by atoms with E-state index in [1.807, 2.05) is 37.3 Å². The molecular formula is C17H18N2O2. The molecule has 4 heteroatoms. The Balaban J connectivity index is 2.15. The number of ether oxygens (including phenoxy) is 2. The smallest absolute Gasteiger partial charge is 0.127 e. The molecule has 0 aliphatic heterocycles. The van der Waals surface area contributed by atoms with Crippen LogP contribution in [0.5, 0.6) is 11.5 Å². The van der Waals surface area contributed by atoms with Gasteiger partial charge in [-0.05, 0) is 42.8 Å². The van der Waals surface area contributed by atoms with Gasteiger partial charge in [-0.25, -0.2) is 0 Å². The minimum atomic E-state index is 0.639. The van der Waals surface area contributed by atoms with Gasteiger partial charge < -0.3 is 14.8 Å². The maximum atomic E-state index is 8.88. The molecular weight excluding hydrogens is 264 g/mol. The summed E-state index contributed by atoms with van der Waals surface area (Å²) < 4.78 is 10.6. The van der Waals surface area contributed by atoms with Crippen molar-refractivity contribution in [1.29, 1.82) is 5.26 Å². The number of nitrogens with zero attached hydrogens (tertiary/aromatic N) is 1. The fourth-order valence-corrected chi connectivity index (χ4v) is 2.12. The molecule has 0 spiro atoms. The van der Waals surface area contributed by atoms with Crippen LogP contribution in [-0.2, 0) is 6.54 Å². The Labute approximate surface area is 124 Å². The number of nitrogens with one attached hydrogen (secondary N) is 1. The van der Waals surface area contributed by atoms with Crippen LogP contribution in [0.2, 0.25) is 0 Å². The number of methoxy groups -OCH3 is 2. The van der Waals surface area contributed by atoms with Crippen molar-refractivity contribution in [3.05, 3.63) is 53.1 Å². The number of benzene rings is 2. The normalized spacial score (nSPS) is 9.81. The first-order valence-electron chi connectivity index (χ1n) is 6.63. The zero-order valence-electron chi connectivity index (χ0n) is 12.4. The van der Waals surface area contributed by atoms with E-state index in [0.29, 0.717) is 12.1 Å². The highest BCUT2D eigenvalue weighted by molar-refractivity contribution is 5.55. The number of aryl methyl sites for hydroxylation is 1. The van der Waals surface area contributed by atoms with Crippen LogP contribution in [0.15, 0.2) is 36.4 Å². The second-order valence-electron chi connectivity index (χ2n) is 4.67. The van der Waals surface area contributed by atoms with Gasteiger partial charge in [0.2, 0.25) is 0 Å². The summed E-state index contributed by atoms with van der Waals surface area (Å²) >= 11 is 0. The molecule has 2 aromatic rings. The lowest BCUT2D eigenvalue weighted by Crippen LogP contribution is -2.03. The predicted molar refractivity (Wildman–Crippen MR) is 82.8 cm³/mol. The Morgan fingerprint density at radius 3 is 2.52 bits per heavy atom. The molecule has 0 radical (unpaired) electrons. The number of hydrogen-bond acceptors (Lipinski definition) is 4. The van der Waals surface area contributed by atoms with Crippen molar-refractivity contribution in [2.24, 2.45) is 0 Å². The van der Waals surface area contributed by atoms with Crippen LogP contribution in [-0.4, -0.2) is 14.2 Å². The fraction of sp³-hybridized carbons (Fsp3) is 0.235. The molecule has 0 aliphatic rings. The minimum Gasteiger partial charge on any atom is -0.497 e. The molecule has 2 aromatic carbocycles. The monoisotopic (exact) mass is 282 g/mol. The summed E-state index contributed by atoms with van der Waals surface area (Å²) in [5.41, 5.74) is 3.76. The summed E-state index contributed by atoms with van der Waals surface area (Å²) in [5, 5.41) is 12.2. The summed E-state index contributed by atoms with van der Waals surface area (Å²) in [4.78, 5) is 0. The van der Waals surface area contributed by atoms with Crippen LogP contribution >= 0.6 is 0 Å². The van der Waals surface area contributed by atoms with Crippen LogP contribution in [0.4, 0.5) is 5.69 Å². The first-order chi connectivity index (χ1) is 10.2. The maximum absolute atomic E-state index is 8.88. The largest absolute Gasteiger partial charge is 0.497 e. The molecule has 0 atom stereocenters. The van der Waals surface area contributed by atoms with Gasteiger partial charge >= 0.3 is 0 Å². The lowest BCUT2D eigenvalue weighted by molar-refractivity contribution is 0.391. The van der Waals surface area contributed by atoms with Crippen LogP contribution in [0, 0.1) is 18.3 Å². The first-order valence-corrected chi connectivity index (χ1v) is 6.63. The van der Waals surface area contributed by atoms with Gasteiger partial charge in [0.1, 0.15) is 11.5 Å². The third-order valence-electron chi connectivity index (χ3n) is 3.32. The van der Waals surface area contributed by atoms with E-state index in [1.165, 1.54) is 0 Å². The summed E-state index contributed by atoms with van der Waals surface area (Å²) in [6.45, 7) is 2.62. The van der Waals surface area contributed by atoms with Gasteiger partial charge in [-0.1, -0.05) is 0 Å². The second-order valence-corrected chi connectivity index (χ2v) is 4.67. The molecule has 0 fully saturated rings. The maximum Gasteiger partial charge on any atom is 0.127 e. The summed E-state index contributed by atoms with van der Waals surface area (Å²) in [7, 11) is 3.28. The van der Waals surface area contributed by atoms with E-state index < -0.39 is 0 Å². The molecule has 0 saturated carbocycles. The van der Waals surface area contributed by atoms with Crippen LogP contribution < -0.4 is 14.8 Å². The minimum absolute atomic E-state index is 0.639. The fourth-order valence-electron chi connectivity index (χ4n) is 2.12. The van der Waals surface area contributed by atoms with E-state index in [9.17, 15) is 0 Å². The van der Waals surface area contributed by atoms with Gasteiger partial charge in [-0.2, -0.15) is 5.26 Å². The Morgan fingerprint density at radius 1 is 1.10 bits per heavy atom. The molecule has 2 rings (SSSR count). The molecule has 0 aromatic heterocycles. The lowest BCUT2D eigenvalue weighted by Gasteiger charge is -2.13. The van der Waals surface area contributed by atoms with Crippen molar-refractivity contribution in [3.63, 3.8) is 0 Å². The molecule has 0 unspecified atom stereocenters. The van der Waals surface area contributed by atoms with Crippen LogP contribution in [0.1, 0.15) is 16.7 Å². The van der Waals surface area contributed by atoms with Crippen molar-refractivity contribution < 1.29 is 9.47 Å². The third-order valence-corrected chi connectivity index (χ3v) is 3.32. The summed E-state index contributed by atoms with van der Waals surface area (Å²) in [6, 6.07) is 13.5. The number of hydrogen-bond donors (Lipinski definition) is 1. The standard InChI is InChI=1S/C17H18N2O2/c1-12-8-13(10-18)4-7-16(12)19-11-14-5-6-15(20-2)9-17(14)21-3/h4-9,19H,11H2,1-3H3. The lowest BCUT2D eigenvalue weighted by atomic mass is 10.1. The van der Waals surface area contributed by atoms with Crippen LogP contribution in [0.3, 0.4) is 0 Å². The van der Waals surface area contributed by atoms with Crippen molar-refractivity contribution in [2.45, 2.75) is 13.5 Å². The molecule has 0 saturated heterocycles. The Morgan fingerprint density at radius 2 is 1.90 bits per heavy atom. The molecule has 0 amide bonds. The van der Waals surface area contributed by atoms with Crippen molar-refractivity contribution in [1.82, 2.24) is 0 Å². The van der Waals surface area contributed by atoms with Crippen LogP contribution in [0.25, 0.3) is 0 Å². The average Bonchev–Trinajstić information content (AvgIpc) is 2.53. The van der Waals surface area contributed by atoms with Gasteiger partial charge in [0.25, 0.3) is 0 Å². The Kier molecular flexibility index (Phi) is 4.68. The highest BCUT2D eigenvalue weighted by Gasteiger charge is 2.06. The highest BCUT2D eigenvalue weighted by Crippen LogP contribution is 2.26. The van der Waals surface area contributed by atoms with E-state index in [1.54, 1.807) is 20.3 Å². The highest BCUT2D eigenvalue weighted by atomic mass is 16.5. The average molecular weight is 282 g/mol. The van der Waals surface area contributed by atoms with E-state index in [2.05, 4.69) is 11.4 Å². The van der Waals surface area contributed by atoms with E-state index >= 15 is 0 Å². The predicted octanol–water partition coefficient (Wildman–Crippen LogP) is 3.50. The number of rotatable bonds is 5. The quantitative estimate of drug-likeness (QED) is 0.912. The van der Waals surface area contributed by atoms with Gasteiger partial charge in [0, 0.05) is 23.9 Å². The summed E-state index contributed by atoms with van der Waals surface area (Å²) in [6.07, 6.45) is 0. The molecule has 108 valence electrons. The molecule has 1 N–H and O–H groups in total. The van der Waals surface area contributed by atoms with E-state index in [-0.39, 0.29) is 0 Å². The van der Waals surface area contributed by atoms with Gasteiger partial charge in [0.05, 0.1) is 25.9 Å². The number of anilines is 1. The third kappa shape index (κ3) is 3.46. The SMILES string of the molecule is COc1ccc(CNc2ccc(C#N)cc2C)c(OC)c1. The molecule has 21 heavy (non-hydrogen) atoms. The Hall–Kier alpha value is -2.67. The van der Waals surface area contributed by atoms with Crippen molar-refractivity contribution in [3.8, 4) is 17.6 Å². The number of nitriles is 1. The summed E-state index contributed by atoms with van der Waals surface area (Å²) in [5.74, 6) is 1.55. The molecule has 0 bridgehead atoms. The zero-order chi connectivity index (χ0) is 15.2. The van der Waals surface area contributed by atoms with Gasteiger partial charge in [0.15, 0.2) is 0 Å². The molecule has 0 heterocycles. The zero-order valence-corrected chi connectivity index (χ0v) is 12.4. The topological polar surface area (TPSA) is 54.3 Å². The molecule has 4 nitrogen and oxygen atoms in total. The van der Waals surface area contributed by atoms with Crippen molar-refractivity contribution in [2.75, 3.05) is 19.5 Å². The van der Waals surface area contributed by atoms with Gasteiger partial charge in [-0.3, -0.25) is 0 Å². The second kappa shape index (κ2) is 6.67. The molecule has 0 aliphatic carbocycles. The first kappa shape index (κ1) is 14.7. The van der Waals surface area contributed by atoms with Gasteiger partial charge in [-0.15, -0.1) is 0 Å². The van der Waals surface area contributed by atoms with Crippen molar-refractivity contribution >= 4 is 5.69 Å².